The third-order valence-electron chi connectivity index (χ3n) is 5.91. The third kappa shape index (κ3) is 4.23. The largest absolute Gasteiger partial charge is 0.325 e. The van der Waals surface area contributed by atoms with E-state index in [0.29, 0.717) is 42.5 Å². The summed E-state index contributed by atoms with van der Waals surface area (Å²) in [6.45, 7) is -0.240. The van der Waals surface area contributed by atoms with Crippen LogP contribution in [-0.2, 0) is 9.59 Å². The molecule has 0 spiro atoms. The Labute approximate surface area is 233 Å². The number of anilines is 2. The number of carbonyl (C=O) groups excluding carboxylic acids is 2. The number of para-hydroxylation sites is 1. The molecular formula is C26H14Cl3N5O3S. The Morgan fingerprint density at radius 2 is 1.66 bits per heavy atom. The first kappa shape index (κ1) is 24.6. The number of hydrogen-bond acceptors (Lipinski definition) is 6. The van der Waals surface area contributed by atoms with Crippen LogP contribution in [0.1, 0.15) is 5.56 Å². The zero-order chi connectivity index (χ0) is 26.6. The van der Waals surface area contributed by atoms with Crippen LogP contribution >= 0.6 is 46.1 Å². The molecule has 1 aliphatic rings. The summed E-state index contributed by atoms with van der Waals surface area (Å²) in [6.07, 6.45) is 0. The SMILES string of the molecule is O=C(CN1C(=O)/C(=c2\sc3nc(-c4ccc(Cl)cc4Cl)nn3c2=O)c2ccccc21)Nc1ccc(Cl)cc1. The van der Waals surface area contributed by atoms with Crippen molar-refractivity contribution in [3.05, 3.63) is 102 Å². The van der Waals surface area contributed by atoms with Crippen molar-refractivity contribution in [2.45, 2.75) is 0 Å². The van der Waals surface area contributed by atoms with E-state index in [1.807, 2.05) is 0 Å². The molecule has 12 heteroatoms. The predicted molar refractivity (Wildman–Crippen MR) is 149 cm³/mol. The van der Waals surface area contributed by atoms with E-state index in [4.69, 9.17) is 34.8 Å². The van der Waals surface area contributed by atoms with Gasteiger partial charge in [-0.1, -0.05) is 64.3 Å². The number of thiazole rings is 1. The number of benzene rings is 3. The number of rotatable bonds is 4. The minimum Gasteiger partial charge on any atom is -0.325 e. The van der Waals surface area contributed by atoms with Gasteiger partial charge in [0.15, 0.2) is 5.82 Å². The molecule has 0 fully saturated rings. The molecule has 3 aromatic carbocycles. The zero-order valence-corrected chi connectivity index (χ0v) is 22.2. The first-order valence-corrected chi connectivity index (χ1v) is 13.1. The number of fused-ring (bicyclic) bond motifs is 2. The van der Waals surface area contributed by atoms with E-state index in [1.54, 1.807) is 66.7 Å². The monoisotopic (exact) mass is 581 g/mol. The summed E-state index contributed by atoms with van der Waals surface area (Å²) in [7, 11) is 0. The Morgan fingerprint density at radius 3 is 2.39 bits per heavy atom. The first-order valence-electron chi connectivity index (χ1n) is 11.2. The van der Waals surface area contributed by atoms with E-state index >= 15 is 0 Å². The summed E-state index contributed by atoms with van der Waals surface area (Å²) in [6, 6.07) is 18.6. The Kier molecular flexibility index (Phi) is 6.16. The molecule has 1 aliphatic heterocycles. The van der Waals surface area contributed by atoms with Gasteiger partial charge in [-0.25, -0.2) is 0 Å². The lowest BCUT2D eigenvalue weighted by Crippen LogP contribution is -2.37. The molecular weight excluding hydrogens is 569 g/mol. The van der Waals surface area contributed by atoms with Crippen molar-refractivity contribution in [3.63, 3.8) is 0 Å². The normalized spacial score (nSPS) is 14.3. The minimum atomic E-state index is -0.487. The Morgan fingerprint density at radius 1 is 0.921 bits per heavy atom. The van der Waals surface area contributed by atoms with Gasteiger partial charge in [0.1, 0.15) is 11.1 Å². The Bertz CT molecular complexity index is 1880. The van der Waals surface area contributed by atoms with Crippen molar-refractivity contribution in [1.29, 1.82) is 0 Å². The van der Waals surface area contributed by atoms with Crippen molar-refractivity contribution in [2.24, 2.45) is 0 Å². The van der Waals surface area contributed by atoms with Crippen molar-refractivity contribution in [1.82, 2.24) is 14.6 Å². The topological polar surface area (TPSA) is 96.7 Å². The van der Waals surface area contributed by atoms with Crippen molar-refractivity contribution in [2.75, 3.05) is 16.8 Å². The van der Waals surface area contributed by atoms with Gasteiger partial charge in [-0.15, -0.1) is 5.10 Å². The lowest BCUT2D eigenvalue weighted by atomic mass is 10.1. The molecule has 188 valence electrons. The highest BCUT2D eigenvalue weighted by molar-refractivity contribution is 7.15. The standard InChI is InChI=1S/C26H14Cl3N5O3S/c27-13-5-8-15(9-6-13)30-20(35)12-33-19-4-2-1-3-17(19)21(24(33)36)22-25(37)34-26(38-22)31-23(32-34)16-10-7-14(28)11-18(16)29/h1-11H,12H2,(H,30,35)/b22-21-. The maximum atomic E-state index is 13.6. The molecule has 3 heterocycles. The second kappa shape index (κ2) is 9.52. The van der Waals surface area contributed by atoms with Crippen LogP contribution in [0.15, 0.2) is 71.5 Å². The van der Waals surface area contributed by atoms with Gasteiger partial charge >= 0.3 is 0 Å². The van der Waals surface area contributed by atoms with Crippen LogP contribution in [0.25, 0.3) is 21.9 Å². The van der Waals surface area contributed by atoms with E-state index in [1.165, 1.54) is 4.90 Å². The summed E-state index contributed by atoms with van der Waals surface area (Å²) in [4.78, 5) is 45.9. The maximum Gasteiger partial charge on any atom is 0.291 e. The molecule has 0 unspecified atom stereocenters. The summed E-state index contributed by atoms with van der Waals surface area (Å²) < 4.78 is 1.34. The summed E-state index contributed by atoms with van der Waals surface area (Å²) in [5, 5.41) is 8.45. The number of nitrogens with one attached hydrogen (secondary N) is 1. The lowest BCUT2D eigenvalue weighted by Gasteiger charge is -2.16. The van der Waals surface area contributed by atoms with Crippen LogP contribution in [0.5, 0.6) is 0 Å². The summed E-state index contributed by atoms with van der Waals surface area (Å²) >= 11 is 19.2. The average molecular weight is 583 g/mol. The van der Waals surface area contributed by atoms with Gasteiger partial charge in [0.25, 0.3) is 11.5 Å². The van der Waals surface area contributed by atoms with Gasteiger partial charge < -0.3 is 5.32 Å². The molecule has 6 rings (SSSR count). The lowest BCUT2D eigenvalue weighted by molar-refractivity contribution is -0.118. The quantitative estimate of drug-likeness (QED) is 0.332. The summed E-state index contributed by atoms with van der Waals surface area (Å²) in [5.74, 6) is -0.587. The molecule has 0 bridgehead atoms. The predicted octanol–water partition coefficient (Wildman–Crippen LogP) is 4.68. The molecule has 1 N–H and O–H groups in total. The third-order valence-corrected chi connectivity index (χ3v) is 7.74. The number of carbonyl (C=O) groups is 2. The van der Waals surface area contributed by atoms with Crippen LogP contribution in [0.2, 0.25) is 15.1 Å². The zero-order valence-electron chi connectivity index (χ0n) is 19.1. The molecule has 0 saturated heterocycles. The number of hydrogen-bond donors (Lipinski definition) is 1. The van der Waals surface area contributed by atoms with Crippen molar-refractivity contribution >= 4 is 79.9 Å². The number of halogens is 3. The first-order chi connectivity index (χ1) is 18.3. The van der Waals surface area contributed by atoms with E-state index in [0.717, 1.165) is 15.9 Å². The fourth-order valence-corrected chi connectivity index (χ4v) is 5.82. The molecule has 5 aromatic rings. The highest BCUT2D eigenvalue weighted by atomic mass is 35.5. The minimum absolute atomic E-state index is 0.187. The van der Waals surface area contributed by atoms with Crippen LogP contribution in [-0.4, -0.2) is 33.0 Å². The van der Waals surface area contributed by atoms with Gasteiger partial charge in [-0.05, 0) is 48.5 Å². The van der Waals surface area contributed by atoms with Crippen LogP contribution in [0.4, 0.5) is 11.4 Å². The molecule has 38 heavy (non-hydrogen) atoms. The molecule has 0 aliphatic carbocycles. The van der Waals surface area contributed by atoms with Gasteiger partial charge in [0, 0.05) is 26.9 Å². The average Bonchev–Trinajstić information content (AvgIpc) is 3.51. The molecule has 2 aromatic heterocycles. The highest BCUT2D eigenvalue weighted by Gasteiger charge is 2.35. The van der Waals surface area contributed by atoms with Gasteiger partial charge in [-0.3, -0.25) is 19.3 Å². The molecule has 0 atom stereocenters. The fourth-order valence-electron chi connectivity index (χ4n) is 4.20. The number of aromatic nitrogens is 3. The smallest absolute Gasteiger partial charge is 0.291 e. The second-order valence-corrected chi connectivity index (χ2v) is 10.6. The molecule has 0 saturated carbocycles. The molecule has 2 amide bonds. The number of nitrogens with zero attached hydrogens (tertiary/aromatic N) is 4. The van der Waals surface area contributed by atoms with E-state index in [9.17, 15) is 14.4 Å². The van der Waals surface area contributed by atoms with E-state index in [-0.39, 0.29) is 22.5 Å². The van der Waals surface area contributed by atoms with Crippen molar-refractivity contribution in [3.8, 4) is 11.4 Å². The molecule has 8 nitrogen and oxygen atoms in total. The summed E-state index contributed by atoms with van der Waals surface area (Å²) in [5.41, 5.74) is 1.88. The van der Waals surface area contributed by atoms with E-state index < -0.39 is 17.4 Å². The van der Waals surface area contributed by atoms with Gasteiger partial charge in [0.05, 0.1) is 16.3 Å². The van der Waals surface area contributed by atoms with Crippen LogP contribution in [0, 0.1) is 0 Å². The Hall–Kier alpha value is -3.76. The second-order valence-electron chi connectivity index (χ2n) is 8.33. The highest BCUT2D eigenvalue weighted by Crippen LogP contribution is 2.35. The maximum absolute atomic E-state index is 13.6. The molecule has 0 radical (unpaired) electrons. The Balaban J connectivity index is 1.39. The van der Waals surface area contributed by atoms with E-state index in [2.05, 4.69) is 15.4 Å². The number of amides is 2. The van der Waals surface area contributed by atoms with Gasteiger partial charge in [0.2, 0.25) is 10.9 Å². The van der Waals surface area contributed by atoms with Crippen LogP contribution in [0.3, 0.4) is 0 Å². The van der Waals surface area contributed by atoms with Crippen molar-refractivity contribution < 1.29 is 9.59 Å². The fraction of sp³-hybridized carbons (Fsp3) is 0.0385. The van der Waals surface area contributed by atoms with Gasteiger partial charge in [-0.2, -0.15) is 9.50 Å². The van der Waals surface area contributed by atoms with Crippen LogP contribution < -0.4 is 20.3 Å².